The smallest absolute Gasteiger partial charge is 0.343 e. The highest BCUT2D eigenvalue weighted by molar-refractivity contribution is 6.11. The van der Waals surface area contributed by atoms with E-state index < -0.39 is 29.8 Å². The monoisotopic (exact) mass is 1610 g/mol. The lowest BCUT2D eigenvalue weighted by Crippen LogP contribution is -2.45. The predicted molar refractivity (Wildman–Crippen MR) is 458 cm³/mol. The molecule has 4 saturated heterocycles. The van der Waals surface area contributed by atoms with Crippen molar-refractivity contribution in [1.29, 1.82) is 0 Å². The molecule has 0 radical (unpaired) electrons. The van der Waals surface area contributed by atoms with Crippen LogP contribution < -0.4 is 42.6 Å². The zero-order chi connectivity index (χ0) is 78.9. The Balaban J connectivity index is 0.000000378. The summed E-state index contributed by atoms with van der Waals surface area (Å²) in [4.78, 5) is 66.8. The van der Waals surface area contributed by atoms with Crippen molar-refractivity contribution in [2.24, 2.45) is 10.8 Å². The maximum atomic E-state index is 14.2. The quantitative estimate of drug-likeness (QED) is 0.0122. The summed E-state index contributed by atoms with van der Waals surface area (Å²) in [5.41, 5.74) is 6.43. The van der Waals surface area contributed by atoms with Crippen molar-refractivity contribution in [3.05, 3.63) is 295 Å². The van der Waals surface area contributed by atoms with Gasteiger partial charge in [0.1, 0.15) is 51.7 Å². The number of carbonyl (C=O) groups excluding carboxylic acids is 5. The van der Waals surface area contributed by atoms with E-state index in [-0.39, 0.29) is 65.6 Å². The molecular formula is C99H100O20. The van der Waals surface area contributed by atoms with Crippen LogP contribution in [0.25, 0.3) is 54.9 Å². The molecule has 0 aliphatic carbocycles. The number of benzene rings is 12. The molecule has 16 rings (SSSR count). The fourth-order valence-electron chi connectivity index (χ4n) is 13.1. The van der Waals surface area contributed by atoms with Gasteiger partial charge < -0.3 is 71.1 Å². The van der Waals surface area contributed by atoms with E-state index in [0.717, 1.165) is 94.2 Å². The lowest BCUT2D eigenvalue weighted by molar-refractivity contribution is -0.162. The molecule has 0 N–H and O–H groups in total. The largest absolute Gasteiger partial charge is 0.493 e. The molecule has 20 heteroatoms. The predicted octanol–water partition coefficient (Wildman–Crippen LogP) is 21.2. The SMILES string of the molecule is C.C.C.C.CCC1(COCOc2ccc(C(=O)Oc3ccc(-c4ccc(C(=O)Oc5ccc6ccccc6c5-c5c(OC(=O)c6ccc(-c7ccc(OC(=O)c8ccc(OCOCC9(CC)COC9)cc8)cc7)cc6)ccc6ccccc56)cc4)cc3)cc2)COC1.O=C(Oc1ccc(OCCC2CO2)cc1)c1ccc(OCCC2CO2)cc1. The number of fused-ring (bicyclic) bond motifs is 2. The minimum absolute atomic E-state index is 0. The molecular weight excluding hydrogens is 1510 g/mol. The summed E-state index contributed by atoms with van der Waals surface area (Å²) in [6.07, 6.45) is 4.44. The summed E-state index contributed by atoms with van der Waals surface area (Å²) < 4.78 is 84.5. The molecule has 4 aliphatic rings. The molecule has 12 aromatic rings. The Morgan fingerprint density at radius 3 is 0.891 bits per heavy atom. The molecule has 2 unspecified atom stereocenters. The van der Waals surface area contributed by atoms with Gasteiger partial charge in [-0.05, 0) is 214 Å². The topological polar surface area (TPSA) is 230 Å². The molecule has 0 bridgehead atoms. The van der Waals surface area contributed by atoms with Crippen LogP contribution in [0.3, 0.4) is 0 Å². The minimum atomic E-state index is -0.590. The van der Waals surface area contributed by atoms with Crippen LogP contribution in [-0.4, -0.2) is 122 Å². The molecule has 2 atom stereocenters. The molecule has 4 fully saturated rings. The van der Waals surface area contributed by atoms with Crippen molar-refractivity contribution in [2.75, 3.05) is 79.7 Å². The number of hydrogen-bond acceptors (Lipinski definition) is 20. The highest BCUT2D eigenvalue weighted by atomic mass is 16.7. The first-order valence-electron chi connectivity index (χ1n) is 38.3. The van der Waals surface area contributed by atoms with Gasteiger partial charge in [-0.25, -0.2) is 24.0 Å². The normalized spacial score (nSPS) is 14.7. The summed E-state index contributed by atoms with van der Waals surface area (Å²) in [6.45, 7) is 11.2. The van der Waals surface area contributed by atoms with Gasteiger partial charge in [0.2, 0.25) is 0 Å². The van der Waals surface area contributed by atoms with E-state index in [1.165, 1.54) is 0 Å². The van der Waals surface area contributed by atoms with Crippen LogP contribution >= 0.6 is 0 Å². The van der Waals surface area contributed by atoms with Crippen molar-refractivity contribution in [2.45, 2.75) is 81.4 Å². The fraction of sp³-hybridized carbons (Fsp3) is 0.263. The molecule has 20 nitrogen and oxygen atoms in total. The van der Waals surface area contributed by atoms with E-state index >= 15 is 0 Å². The van der Waals surface area contributed by atoms with Gasteiger partial charge in [-0.1, -0.05) is 153 Å². The molecule has 0 amide bonds. The number of epoxide rings is 2. The minimum Gasteiger partial charge on any atom is -0.493 e. The van der Waals surface area contributed by atoms with Crippen LogP contribution in [0.1, 0.15) is 121 Å². The Bertz CT molecular complexity index is 5070. The van der Waals surface area contributed by atoms with Gasteiger partial charge >= 0.3 is 29.8 Å². The molecule has 0 saturated carbocycles. The molecule has 0 spiro atoms. The Morgan fingerprint density at radius 1 is 0.319 bits per heavy atom. The van der Waals surface area contributed by atoms with Gasteiger partial charge in [0, 0.05) is 34.8 Å². The van der Waals surface area contributed by atoms with Crippen molar-refractivity contribution in [3.63, 3.8) is 0 Å². The molecule has 12 aromatic carbocycles. The van der Waals surface area contributed by atoms with E-state index in [9.17, 15) is 24.0 Å². The van der Waals surface area contributed by atoms with Crippen LogP contribution in [0, 0.1) is 10.8 Å². The molecule has 0 aromatic heterocycles. The maximum Gasteiger partial charge on any atom is 0.343 e. The van der Waals surface area contributed by atoms with Gasteiger partial charge in [0.25, 0.3) is 0 Å². The van der Waals surface area contributed by atoms with E-state index in [1.54, 1.807) is 158 Å². The number of hydrogen-bond donors (Lipinski definition) is 0. The molecule has 4 aliphatic heterocycles. The van der Waals surface area contributed by atoms with Gasteiger partial charge in [-0.2, -0.15) is 0 Å². The van der Waals surface area contributed by atoms with E-state index in [2.05, 4.69) is 13.8 Å². The summed E-state index contributed by atoms with van der Waals surface area (Å²) in [5, 5.41) is 3.33. The number of rotatable bonds is 33. The fourth-order valence-corrected chi connectivity index (χ4v) is 13.1. The highest BCUT2D eigenvalue weighted by Crippen LogP contribution is 2.47. The Morgan fingerprint density at radius 2 is 0.588 bits per heavy atom. The van der Waals surface area contributed by atoms with Crippen molar-refractivity contribution in [1.82, 2.24) is 0 Å². The van der Waals surface area contributed by atoms with E-state index in [4.69, 9.17) is 71.1 Å². The molecule has 119 heavy (non-hydrogen) atoms. The maximum absolute atomic E-state index is 14.2. The standard InChI is InChI=1S/C74H62O14.C21H22O6.4CH4/c1-3-73(41-79-42-73)45-81-47-83-59-31-25-57(26-32-59)69(75)85-61-35-21-51(22-36-61)49-13-17-55(18-14-49)71(77)87-65-39-29-53-9-5-7-11-63(53)67(65)68-64-12-8-6-10-54(64)30-40-66(68)88-72(78)56-19-15-50(16-20-56)52-23-37-62(38-24-52)86-70(76)58-27-33-60(34-28-58)84-48-82-46-74(4-2)43-80-44-74;22-21(15-1-3-16(4-2-15)23-11-9-19-13-25-19)27-18-7-5-17(6-8-18)24-12-10-20-14-26-20;;;;/h5-40H,3-4,41-48H2,1-2H3;1-8,19-20H,9-14H2;4*1H4. The van der Waals surface area contributed by atoms with Crippen LogP contribution in [0.15, 0.2) is 267 Å². The highest BCUT2D eigenvalue weighted by Gasteiger charge is 2.38. The lowest BCUT2D eigenvalue weighted by Gasteiger charge is -2.40. The third kappa shape index (κ3) is 22.6. The van der Waals surface area contributed by atoms with Gasteiger partial charge in [0.05, 0.1) is 106 Å². The summed E-state index contributed by atoms with van der Waals surface area (Å²) >= 11 is 0. The van der Waals surface area contributed by atoms with Crippen molar-refractivity contribution < 1.29 is 95.0 Å². The second kappa shape index (κ2) is 41.0. The third-order valence-electron chi connectivity index (χ3n) is 20.6. The molecule has 616 valence electrons. The first-order valence-corrected chi connectivity index (χ1v) is 38.3. The molecule has 4 heterocycles. The zero-order valence-corrected chi connectivity index (χ0v) is 63.5. The number of ether oxygens (including phenoxy) is 15. The van der Waals surface area contributed by atoms with Crippen LogP contribution in [0.2, 0.25) is 0 Å². The van der Waals surface area contributed by atoms with Gasteiger partial charge in [-0.15, -0.1) is 0 Å². The Labute approximate surface area is 694 Å². The average Bonchev–Trinajstić information content (AvgIpc) is 1.51. The first kappa shape index (κ1) is 87.3. The summed E-state index contributed by atoms with van der Waals surface area (Å²) in [6, 6.07) is 78.5. The van der Waals surface area contributed by atoms with Crippen molar-refractivity contribution in [3.8, 4) is 85.1 Å². The summed E-state index contributed by atoms with van der Waals surface area (Å²) in [7, 11) is 0. The third-order valence-corrected chi connectivity index (χ3v) is 20.6. The second-order valence-corrected chi connectivity index (χ2v) is 28.6. The number of carbonyl (C=O) groups is 5. The second-order valence-electron chi connectivity index (χ2n) is 28.6. The van der Waals surface area contributed by atoms with E-state index in [1.807, 2.05) is 109 Å². The summed E-state index contributed by atoms with van der Waals surface area (Å²) in [5.74, 6) is 1.76. The van der Waals surface area contributed by atoms with Crippen LogP contribution in [-0.2, 0) is 28.4 Å². The average molecular weight is 1610 g/mol. The van der Waals surface area contributed by atoms with Crippen molar-refractivity contribution >= 4 is 51.4 Å². The Kier molecular flexibility index (Phi) is 30.1. The van der Waals surface area contributed by atoms with Crippen LogP contribution in [0.4, 0.5) is 0 Å². The lowest BCUT2D eigenvalue weighted by atomic mass is 9.84. The number of esters is 5. The first-order chi connectivity index (χ1) is 56.3. The Hall–Kier alpha value is -12.5. The van der Waals surface area contributed by atoms with Crippen LogP contribution in [0.5, 0.6) is 51.7 Å². The van der Waals surface area contributed by atoms with Gasteiger partial charge in [-0.3, -0.25) is 0 Å². The zero-order valence-electron chi connectivity index (χ0n) is 63.5. The van der Waals surface area contributed by atoms with Gasteiger partial charge in [0.15, 0.2) is 13.6 Å². The van der Waals surface area contributed by atoms with E-state index in [0.29, 0.717) is 133 Å².